The van der Waals surface area contributed by atoms with E-state index in [1.54, 1.807) is 0 Å². The van der Waals surface area contributed by atoms with Crippen LogP contribution in [-0.2, 0) is 42.8 Å². The van der Waals surface area contributed by atoms with Crippen LogP contribution in [0.3, 0.4) is 0 Å². The minimum Gasteiger partial charge on any atom is -0.466 e. The Hall–Kier alpha value is 0.158. The minimum atomic E-state index is -0.161. The summed E-state index contributed by atoms with van der Waals surface area (Å²) in [6.45, 7) is 11.9. The van der Waals surface area contributed by atoms with E-state index in [2.05, 4.69) is 37.9 Å². The molecule has 0 saturated heterocycles. The number of unbranched alkanes of at least 4 members (excludes halogenated alkanes) is 3. The van der Waals surface area contributed by atoms with E-state index in [0.29, 0.717) is 56.3 Å². The zero-order valence-corrected chi connectivity index (χ0v) is 30.0. The molecular weight excluding hydrogens is 686 g/mol. The predicted molar refractivity (Wildman–Crippen MR) is 171 cm³/mol. The molecule has 0 atom stereocenters. The summed E-state index contributed by atoms with van der Waals surface area (Å²) in [6, 6.07) is 0. The topological polar surface area (TPSA) is 107 Å². The van der Waals surface area contributed by atoms with E-state index >= 15 is 0 Å². The van der Waals surface area contributed by atoms with Crippen molar-refractivity contribution in [3.8, 4) is 0 Å². The van der Waals surface area contributed by atoms with Gasteiger partial charge in [-0.05, 0) is 59.3 Å². The van der Waals surface area contributed by atoms with Gasteiger partial charge in [-0.25, -0.2) is 0 Å². The smallest absolute Gasteiger partial charge is 0.306 e. The van der Waals surface area contributed by atoms with Gasteiger partial charge in [0.15, 0.2) is 0 Å². The van der Waals surface area contributed by atoms with Crippen LogP contribution in [0.2, 0.25) is 0 Å². The van der Waals surface area contributed by atoms with Crippen molar-refractivity contribution in [2.45, 2.75) is 78.6 Å². The van der Waals surface area contributed by atoms with E-state index in [1.807, 2.05) is 20.8 Å². The number of carbonyl (C=O) groups excluding carboxylic acids is 3. The molecule has 0 aliphatic heterocycles. The summed E-state index contributed by atoms with van der Waals surface area (Å²) < 4.78 is 30.2. The summed E-state index contributed by atoms with van der Waals surface area (Å²) in [5.41, 5.74) is 0. The van der Waals surface area contributed by atoms with Crippen molar-refractivity contribution in [3.63, 3.8) is 0 Å². The van der Waals surface area contributed by atoms with Crippen molar-refractivity contribution in [1.82, 2.24) is 0 Å². The normalized spacial score (nSPS) is 9.75. The van der Waals surface area contributed by atoms with Gasteiger partial charge in [-0.3, -0.25) is 14.4 Å². The van der Waals surface area contributed by atoms with E-state index in [-0.39, 0.29) is 42.3 Å². The molecule has 0 aromatic rings. The molecule has 9 nitrogen and oxygen atoms in total. The van der Waals surface area contributed by atoms with Crippen molar-refractivity contribution < 1.29 is 42.8 Å². The first-order chi connectivity index (χ1) is 18.9. The van der Waals surface area contributed by atoms with Crippen LogP contribution >= 0.6 is 37.9 Å². The summed E-state index contributed by atoms with van der Waals surface area (Å²) >= 11 is 11.8. The molecule has 0 aromatic carbocycles. The predicted octanol–water partition coefficient (Wildman–Crippen LogP) is 4.62. The quantitative estimate of drug-likeness (QED) is 0.0430. The first-order valence-electron chi connectivity index (χ1n) is 14.0. The Morgan fingerprint density at radius 1 is 0.450 bits per heavy atom. The molecule has 0 aromatic heterocycles. The van der Waals surface area contributed by atoms with Crippen molar-refractivity contribution >= 4 is 80.2 Å². The fraction of sp³-hybridized carbons (Fsp3) is 0.889. The monoisotopic (exact) mass is 739 g/mol. The minimum absolute atomic E-state index is 0. The van der Waals surface area contributed by atoms with Crippen molar-refractivity contribution in [2.75, 3.05) is 76.7 Å². The van der Waals surface area contributed by atoms with Gasteiger partial charge in [-0.1, -0.05) is 0 Å². The average molecular weight is 741 g/mol. The second-order valence-corrected chi connectivity index (χ2v) is 9.14. The van der Waals surface area contributed by atoms with Gasteiger partial charge >= 0.3 is 17.9 Å². The van der Waals surface area contributed by atoms with Crippen LogP contribution in [0, 0.1) is 0 Å². The summed E-state index contributed by atoms with van der Waals surface area (Å²) in [5, 5.41) is 0. The fourth-order valence-corrected chi connectivity index (χ4v) is 2.95. The Balaban J connectivity index is -0.000000240. The van der Waals surface area contributed by atoms with E-state index in [4.69, 9.17) is 28.4 Å². The van der Waals surface area contributed by atoms with Crippen LogP contribution < -0.4 is 0 Å². The molecule has 0 amide bonds. The van der Waals surface area contributed by atoms with Gasteiger partial charge in [0.05, 0.1) is 39.1 Å². The van der Waals surface area contributed by atoms with Crippen LogP contribution in [0.25, 0.3) is 0 Å². The maximum atomic E-state index is 10.8. The molecule has 3 radical (unpaired) electrons. The van der Waals surface area contributed by atoms with Crippen LogP contribution in [0.5, 0.6) is 0 Å². The molecule has 239 valence electrons. The molecular formula is C27H54O9S3Sb. The summed E-state index contributed by atoms with van der Waals surface area (Å²) in [7, 11) is 0. The van der Waals surface area contributed by atoms with Crippen molar-refractivity contribution in [1.29, 1.82) is 0 Å². The maximum Gasteiger partial charge on any atom is 0.306 e. The Bertz CT molecular complexity index is 462. The molecule has 0 spiro atoms. The van der Waals surface area contributed by atoms with E-state index in [9.17, 15) is 14.4 Å². The average Bonchev–Trinajstić information content (AvgIpc) is 2.91. The van der Waals surface area contributed by atoms with Crippen LogP contribution in [-0.4, -0.2) is 119 Å². The molecule has 13 heteroatoms. The third-order valence-electron chi connectivity index (χ3n) is 4.40. The molecule has 0 heterocycles. The van der Waals surface area contributed by atoms with Gasteiger partial charge in [0.25, 0.3) is 0 Å². The number of hydrogen-bond donors (Lipinski definition) is 3. The van der Waals surface area contributed by atoms with Crippen LogP contribution in [0.4, 0.5) is 0 Å². The second kappa shape index (κ2) is 43.6. The Labute approximate surface area is 276 Å². The largest absolute Gasteiger partial charge is 0.466 e. The first-order valence-corrected chi connectivity index (χ1v) is 15.9. The van der Waals surface area contributed by atoms with Gasteiger partial charge in [0.1, 0.15) is 0 Å². The molecule has 0 bridgehead atoms. The van der Waals surface area contributed by atoms with Gasteiger partial charge < -0.3 is 28.4 Å². The third-order valence-corrected chi connectivity index (χ3v) is 5.07. The third kappa shape index (κ3) is 47.9. The van der Waals surface area contributed by atoms with E-state index in [1.165, 1.54) is 0 Å². The van der Waals surface area contributed by atoms with Crippen LogP contribution in [0.15, 0.2) is 0 Å². The van der Waals surface area contributed by atoms with E-state index < -0.39 is 0 Å². The SMILES string of the molecule is CCOCCCCOC(=O)CCS.CCOCCCCOC(=O)CCS.CCOCCCCOC(=O)CCS.[Sb]. The van der Waals surface area contributed by atoms with Gasteiger partial charge in [-0.15, -0.1) is 0 Å². The number of hydrogen-bond acceptors (Lipinski definition) is 12. The summed E-state index contributed by atoms with van der Waals surface area (Å²) in [6.07, 6.45) is 6.65. The molecule has 0 N–H and O–H groups in total. The summed E-state index contributed by atoms with van der Waals surface area (Å²) in [5.74, 6) is 1.18. The Kier molecular flexibility index (Phi) is 51.3. The van der Waals surface area contributed by atoms with E-state index in [0.717, 1.165) is 78.2 Å². The zero-order chi connectivity index (χ0) is 29.8. The second-order valence-electron chi connectivity index (χ2n) is 7.79. The van der Waals surface area contributed by atoms with Crippen molar-refractivity contribution in [3.05, 3.63) is 0 Å². The molecule has 0 fully saturated rings. The molecule has 0 aliphatic rings. The molecule has 40 heavy (non-hydrogen) atoms. The van der Waals surface area contributed by atoms with Gasteiger partial charge in [-0.2, -0.15) is 37.9 Å². The van der Waals surface area contributed by atoms with Crippen LogP contribution in [0.1, 0.15) is 78.6 Å². The Morgan fingerprint density at radius 2 is 0.675 bits per heavy atom. The molecule has 0 rings (SSSR count). The maximum absolute atomic E-state index is 10.8. The first kappa shape index (κ1) is 47.1. The number of thiol groups is 3. The number of esters is 3. The molecule has 0 saturated carbocycles. The number of carbonyl (C=O) groups is 3. The summed E-state index contributed by atoms with van der Waals surface area (Å²) in [4.78, 5) is 32.5. The fourth-order valence-electron chi connectivity index (χ4n) is 2.40. The van der Waals surface area contributed by atoms with Gasteiger partial charge in [0, 0.05) is 81.3 Å². The molecule has 0 aliphatic carbocycles. The standard InChI is InChI=1S/3C9H18O3S.Sb/c3*1-2-11-6-3-4-7-12-9(10)5-8-13;/h3*13H,2-8H2,1H3;. The Morgan fingerprint density at radius 3 is 0.875 bits per heavy atom. The number of ether oxygens (including phenoxy) is 6. The number of rotatable bonds is 24. The van der Waals surface area contributed by atoms with Gasteiger partial charge in [0.2, 0.25) is 0 Å². The van der Waals surface area contributed by atoms with Crippen molar-refractivity contribution in [2.24, 2.45) is 0 Å². The zero-order valence-electron chi connectivity index (χ0n) is 24.8. The molecule has 0 unspecified atom stereocenters.